The number of aromatic nitrogens is 1. The van der Waals surface area contributed by atoms with Gasteiger partial charge in [-0.25, -0.2) is 4.79 Å². The highest BCUT2D eigenvalue weighted by Crippen LogP contribution is 2.52. The van der Waals surface area contributed by atoms with Crippen molar-refractivity contribution in [1.29, 1.82) is 0 Å². The van der Waals surface area contributed by atoms with Crippen LogP contribution < -0.4 is 14.2 Å². The minimum absolute atomic E-state index is 0.0773. The molecule has 2 aromatic carbocycles. The number of ether oxygens (including phenoxy) is 4. The maximum Gasteiger partial charge on any atom is 0.374 e. The van der Waals surface area contributed by atoms with Crippen molar-refractivity contribution in [3.8, 4) is 17.2 Å². The molecule has 45 heavy (non-hydrogen) atoms. The standard InChI is InChI=1S/C37H43NO7/c1-5-7-8-9-15-37(3,41)33-20-27-30(45-33)21-31-34(35(27)42-4)26(19-32(44-31)36(40)43-6-2)23-11-13-29(39)25(18-23)22-10-12-28-24(17-22)14-16-38-28/h10,12,14,16-17,19,21,25,33,38,41H,5-9,11,13,15,18,20H2,1-4H3. The van der Waals surface area contributed by atoms with Gasteiger partial charge in [0.05, 0.1) is 24.9 Å². The number of Topliss-reactive ketones (excluding diaryl/α,β-unsaturated/α-hetero) is 1. The molecule has 1 fully saturated rings. The van der Waals surface area contributed by atoms with E-state index in [0.717, 1.165) is 64.4 Å². The lowest BCUT2D eigenvalue weighted by molar-refractivity contribution is -0.141. The largest absolute Gasteiger partial charge is 0.496 e. The Balaban J connectivity index is 1.40. The van der Waals surface area contributed by atoms with Gasteiger partial charge in [-0.1, -0.05) is 44.2 Å². The van der Waals surface area contributed by atoms with Crippen LogP contribution in [-0.4, -0.2) is 47.3 Å². The van der Waals surface area contributed by atoms with Gasteiger partial charge in [-0.2, -0.15) is 0 Å². The van der Waals surface area contributed by atoms with Crippen LogP contribution in [0.25, 0.3) is 16.5 Å². The number of aromatic amines is 1. The van der Waals surface area contributed by atoms with E-state index in [1.165, 1.54) is 0 Å². The quantitative estimate of drug-likeness (QED) is 0.182. The van der Waals surface area contributed by atoms with Gasteiger partial charge in [-0.15, -0.1) is 0 Å². The number of rotatable bonds is 10. The van der Waals surface area contributed by atoms with Crippen molar-refractivity contribution < 1.29 is 33.6 Å². The second kappa shape index (κ2) is 12.8. The van der Waals surface area contributed by atoms with E-state index in [-0.39, 0.29) is 24.1 Å². The molecule has 3 unspecified atom stereocenters. The Morgan fingerprint density at radius 3 is 2.71 bits per heavy atom. The molecule has 8 nitrogen and oxygen atoms in total. The number of ketones is 1. The summed E-state index contributed by atoms with van der Waals surface area (Å²) in [6.45, 7) is 5.98. The summed E-state index contributed by atoms with van der Waals surface area (Å²) < 4.78 is 24.0. The molecule has 0 spiro atoms. The third-order valence-electron chi connectivity index (χ3n) is 9.51. The van der Waals surface area contributed by atoms with Crippen LogP contribution in [0.1, 0.15) is 94.7 Å². The number of carbonyl (C=O) groups is 2. The topological polar surface area (TPSA) is 107 Å². The molecule has 6 rings (SSSR count). The lowest BCUT2D eigenvalue weighted by Gasteiger charge is -2.29. The summed E-state index contributed by atoms with van der Waals surface area (Å²) in [7, 11) is 1.62. The van der Waals surface area contributed by atoms with Crippen molar-refractivity contribution in [3.63, 3.8) is 0 Å². The number of esters is 1. The number of aliphatic hydroxyl groups is 1. The van der Waals surface area contributed by atoms with Crippen LogP contribution in [0.4, 0.5) is 0 Å². The van der Waals surface area contributed by atoms with Gasteiger partial charge in [0, 0.05) is 42.1 Å². The minimum atomic E-state index is -1.02. The number of nitrogens with one attached hydrogen (secondary N) is 1. The third-order valence-corrected chi connectivity index (χ3v) is 9.51. The first-order chi connectivity index (χ1) is 21.7. The zero-order valence-corrected chi connectivity index (χ0v) is 26.7. The molecule has 0 bridgehead atoms. The normalized spacial score (nSPS) is 22.2. The number of methoxy groups -OCH3 is 1. The van der Waals surface area contributed by atoms with Gasteiger partial charge in [0.2, 0.25) is 5.76 Å². The van der Waals surface area contributed by atoms with Crippen molar-refractivity contribution in [2.24, 2.45) is 0 Å². The SMILES string of the molecule is CCCCCCC(C)(O)C1Cc2c(cc3c(c2OC)C(=C2CCC(=O)C(c4ccc5[nH]ccc5c4)C2)C=C(C(=O)OCC)O3)O1. The molecule has 238 valence electrons. The zero-order chi connectivity index (χ0) is 31.7. The molecule has 1 aliphatic carbocycles. The van der Waals surface area contributed by atoms with E-state index in [1.54, 1.807) is 26.2 Å². The van der Waals surface area contributed by atoms with Crippen LogP contribution in [0.5, 0.6) is 17.2 Å². The van der Waals surface area contributed by atoms with E-state index in [9.17, 15) is 14.7 Å². The molecule has 3 aromatic rings. The Morgan fingerprint density at radius 2 is 1.93 bits per heavy atom. The van der Waals surface area contributed by atoms with Crippen LogP contribution in [-0.2, 0) is 20.7 Å². The van der Waals surface area contributed by atoms with Crippen LogP contribution >= 0.6 is 0 Å². The van der Waals surface area contributed by atoms with E-state index >= 15 is 0 Å². The number of allylic oxidation sites excluding steroid dienone is 3. The number of benzene rings is 2. The van der Waals surface area contributed by atoms with Crippen LogP contribution in [0.2, 0.25) is 0 Å². The van der Waals surface area contributed by atoms with Crippen LogP contribution in [0.3, 0.4) is 0 Å². The number of hydrogen-bond donors (Lipinski definition) is 2. The zero-order valence-electron chi connectivity index (χ0n) is 26.7. The highest BCUT2D eigenvalue weighted by molar-refractivity contribution is 5.98. The fourth-order valence-electron chi connectivity index (χ4n) is 6.99. The van der Waals surface area contributed by atoms with Crippen molar-refractivity contribution in [1.82, 2.24) is 4.98 Å². The Morgan fingerprint density at radius 1 is 1.09 bits per heavy atom. The summed E-state index contributed by atoms with van der Waals surface area (Å²) in [6, 6.07) is 9.94. The molecule has 1 aromatic heterocycles. The van der Waals surface area contributed by atoms with Gasteiger partial charge >= 0.3 is 5.97 Å². The van der Waals surface area contributed by atoms with E-state index in [0.29, 0.717) is 49.4 Å². The van der Waals surface area contributed by atoms with Crippen molar-refractivity contribution >= 4 is 28.2 Å². The number of unbranched alkanes of at least 4 members (excludes halogenated alkanes) is 3. The summed E-state index contributed by atoms with van der Waals surface area (Å²) in [5.41, 5.74) is 4.45. The Kier molecular flexibility index (Phi) is 8.78. The molecule has 2 N–H and O–H groups in total. The van der Waals surface area contributed by atoms with Gasteiger partial charge in [-0.3, -0.25) is 4.79 Å². The average molecular weight is 614 g/mol. The van der Waals surface area contributed by atoms with E-state index in [1.807, 2.05) is 31.3 Å². The molecule has 8 heteroatoms. The van der Waals surface area contributed by atoms with Crippen molar-refractivity contribution in [2.45, 2.75) is 96.2 Å². The highest BCUT2D eigenvalue weighted by atomic mass is 16.6. The second-order valence-electron chi connectivity index (χ2n) is 12.6. The Hall–Kier alpha value is -4.04. The predicted octanol–water partition coefficient (Wildman–Crippen LogP) is 7.33. The summed E-state index contributed by atoms with van der Waals surface area (Å²) in [5, 5.41) is 12.5. The first-order valence-corrected chi connectivity index (χ1v) is 16.3. The first kappa shape index (κ1) is 31.0. The van der Waals surface area contributed by atoms with E-state index in [4.69, 9.17) is 18.9 Å². The Bertz CT molecular complexity index is 1680. The maximum atomic E-state index is 13.3. The number of hydrogen-bond acceptors (Lipinski definition) is 7. The molecule has 3 aliphatic rings. The second-order valence-corrected chi connectivity index (χ2v) is 12.6. The van der Waals surface area contributed by atoms with E-state index in [2.05, 4.69) is 18.0 Å². The first-order valence-electron chi connectivity index (χ1n) is 16.3. The molecule has 0 amide bonds. The number of carbonyl (C=O) groups excluding carboxylic acids is 2. The lowest BCUT2D eigenvalue weighted by Crippen LogP contribution is -2.42. The highest BCUT2D eigenvalue weighted by Gasteiger charge is 2.42. The predicted molar refractivity (Wildman–Crippen MR) is 173 cm³/mol. The smallest absolute Gasteiger partial charge is 0.374 e. The van der Waals surface area contributed by atoms with Crippen molar-refractivity contribution in [2.75, 3.05) is 13.7 Å². The van der Waals surface area contributed by atoms with Gasteiger partial charge in [0.1, 0.15) is 29.1 Å². The molecule has 0 saturated heterocycles. The lowest BCUT2D eigenvalue weighted by atomic mass is 9.77. The van der Waals surface area contributed by atoms with E-state index < -0.39 is 17.7 Å². The maximum absolute atomic E-state index is 13.3. The summed E-state index contributed by atoms with van der Waals surface area (Å²) in [5.74, 6) is 1.04. The summed E-state index contributed by atoms with van der Waals surface area (Å²) >= 11 is 0. The summed E-state index contributed by atoms with van der Waals surface area (Å²) in [6.07, 6.45) is 10.1. The van der Waals surface area contributed by atoms with Gasteiger partial charge in [0.15, 0.2) is 0 Å². The number of fused-ring (bicyclic) bond motifs is 3. The molecule has 0 radical (unpaired) electrons. The molecule has 2 aliphatic heterocycles. The van der Waals surface area contributed by atoms with Crippen molar-refractivity contribution in [3.05, 3.63) is 70.6 Å². The minimum Gasteiger partial charge on any atom is -0.496 e. The molecular weight excluding hydrogens is 570 g/mol. The van der Waals surface area contributed by atoms with Gasteiger partial charge in [-0.05, 0) is 73.9 Å². The molecule has 1 saturated carbocycles. The van der Waals surface area contributed by atoms with Gasteiger partial charge < -0.3 is 29.0 Å². The van der Waals surface area contributed by atoms with Crippen LogP contribution in [0.15, 0.2) is 53.9 Å². The monoisotopic (exact) mass is 613 g/mol. The third kappa shape index (κ3) is 6.00. The summed E-state index contributed by atoms with van der Waals surface area (Å²) in [4.78, 5) is 29.5. The average Bonchev–Trinajstić information content (AvgIpc) is 3.69. The fraction of sp³-hybridized carbons (Fsp3) is 0.459. The van der Waals surface area contributed by atoms with Crippen LogP contribution in [0, 0.1) is 0 Å². The Labute approximate surface area is 264 Å². The molecule has 3 atom stereocenters. The number of H-pyrrole nitrogens is 1. The molecule has 3 heterocycles. The van der Waals surface area contributed by atoms with Gasteiger partial charge in [0.25, 0.3) is 0 Å². The fourth-order valence-corrected chi connectivity index (χ4v) is 6.99. The molecular formula is C37H43NO7.